The average molecular weight is 194 g/mol. The molecule has 0 amide bonds. The van der Waals surface area contributed by atoms with E-state index >= 15 is 0 Å². The minimum atomic E-state index is -0.419. The molecule has 1 N–H and O–H groups in total. The second-order valence-corrected chi connectivity index (χ2v) is 3.88. The van der Waals surface area contributed by atoms with Gasteiger partial charge in [-0.25, -0.2) is 4.98 Å². The number of anilines is 1. The first-order chi connectivity index (χ1) is 6.84. The molecule has 0 spiro atoms. The van der Waals surface area contributed by atoms with Gasteiger partial charge in [-0.15, -0.1) is 0 Å². The van der Waals surface area contributed by atoms with Crippen LogP contribution < -0.4 is 5.32 Å². The SMILES string of the molecule is Fc1cc(NCCCC2CC2)ccn1. The smallest absolute Gasteiger partial charge is 0.214 e. The standard InChI is InChI=1S/C11H15FN2/c12-11-8-10(5-7-14-11)13-6-1-2-9-3-4-9/h5,7-9H,1-4,6H2,(H,13,14). The molecule has 1 fully saturated rings. The van der Waals surface area contributed by atoms with Gasteiger partial charge in [0.25, 0.3) is 0 Å². The highest BCUT2D eigenvalue weighted by molar-refractivity contribution is 5.40. The van der Waals surface area contributed by atoms with Gasteiger partial charge in [0.15, 0.2) is 0 Å². The Morgan fingerprint density at radius 3 is 3.07 bits per heavy atom. The second-order valence-electron chi connectivity index (χ2n) is 3.88. The van der Waals surface area contributed by atoms with E-state index in [4.69, 9.17) is 0 Å². The first kappa shape index (κ1) is 9.44. The number of nitrogens with one attached hydrogen (secondary N) is 1. The lowest BCUT2D eigenvalue weighted by molar-refractivity contribution is 0.584. The largest absolute Gasteiger partial charge is 0.385 e. The quantitative estimate of drug-likeness (QED) is 0.576. The summed E-state index contributed by atoms with van der Waals surface area (Å²) in [6.45, 7) is 0.931. The fraction of sp³-hybridized carbons (Fsp3) is 0.545. The first-order valence-corrected chi connectivity index (χ1v) is 5.20. The minimum absolute atomic E-state index is 0.419. The van der Waals surface area contributed by atoms with Crippen molar-refractivity contribution in [3.8, 4) is 0 Å². The lowest BCUT2D eigenvalue weighted by Crippen LogP contribution is -2.02. The number of hydrogen-bond acceptors (Lipinski definition) is 2. The van der Waals surface area contributed by atoms with Gasteiger partial charge >= 0.3 is 0 Å². The molecule has 1 aromatic heterocycles. The summed E-state index contributed by atoms with van der Waals surface area (Å²) in [5, 5.41) is 3.19. The van der Waals surface area contributed by atoms with Crippen LogP contribution in [0.25, 0.3) is 0 Å². The normalized spacial score (nSPS) is 15.5. The monoisotopic (exact) mass is 194 g/mol. The molecule has 0 unspecified atom stereocenters. The van der Waals surface area contributed by atoms with Crippen molar-refractivity contribution in [2.75, 3.05) is 11.9 Å². The van der Waals surface area contributed by atoms with Crippen molar-refractivity contribution in [1.82, 2.24) is 4.98 Å². The number of halogens is 1. The van der Waals surface area contributed by atoms with E-state index in [1.165, 1.54) is 37.9 Å². The zero-order chi connectivity index (χ0) is 9.80. The third-order valence-electron chi connectivity index (χ3n) is 2.54. The van der Waals surface area contributed by atoms with Crippen LogP contribution in [0.1, 0.15) is 25.7 Å². The van der Waals surface area contributed by atoms with Crippen LogP contribution in [-0.2, 0) is 0 Å². The molecule has 1 saturated carbocycles. The van der Waals surface area contributed by atoms with E-state index < -0.39 is 5.95 Å². The molecule has 0 aromatic carbocycles. The molecule has 14 heavy (non-hydrogen) atoms. The van der Waals surface area contributed by atoms with Crippen LogP contribution in [0.4, 0.5) is 10.1 Å². The summed E-state index contributed by atoms with van der Waals surface area (Å²) < 4.78 is 12.7. The molecule has 1 aromatic rings. The van der Waals surface area contributed by atoms with Crippen LogP contribution in [0.15, 0.2) is 18.3 Å². The Morgan fingerprint density at radius 1 is 1.50 bits per heavy atom. The van der Waals surface area contributed by atoms with Crippen molar-refractivity contribution < 1.29 is 4.39 Å². The van der Waals surface area contributed by atoms with Crippen molar-refractivity contribution in [2.45, 2.75) is 25.7 Å². The summed E-state index contributed by atoms with van der Waals surface area (Å²) in [7, 11) is 0. The van der Waals surface area contributed by atoms with Crippen LogP contribution >= 0.6 is 0 Å². The number of rotatable bonds is 5. The van der Waals surface area contributed by atoms with Crippen molar-refractivity contribution >= 4 is 5.69 Å². The molecule has 0 saturated heterocycles. The van der Waals surface area contributed by atoms with Gasteiger partial charge in [0.1, 0.15) is 0 Å². The summed E-state index contributed by atoms with van der Waals surface area (Å²) in [5.41, 5.74) is 0.827. The van der Waals surface area contributed by atoms with E-state index in [0.717, 1.165) is 18.2 Å². The molecule has 2 rings (SSSR count). The van der Waals surface area contributed by atoms with Gasteiger partial charge in [-0.05, 0) is 24.8 Å². The third-order valence-corrected chi connectivity index (χ3v) is 2.54. The van der Waals surface area contributed by atoms with Crippen molar-refractivity contribution in [2.24, 2.45) is 5.92 Å². The maximum Gasteiger partial charge on any atom is 0.214 e. The van der Waals surface area contributed by atoms with Gasteiger partial charge < -0.3 is 5.32 Å². The molecule has 0 atom stereocenters. The van der Waals surface area contributed by atoms with E-state index in [1.807, 2.05) is 0 Å². The number of nitrogens with zero attached hydrogens (tertiary/aromatic N) is 1. The first-order valence-electron chi connectivity index (χ1n) is 5.20. The molecule has 3 heteroatoms. The molecular formula is C11H15FN2. The molecule has 76 valence electrons. The second kappa shape index (κ2) is 4.40. The van der Waals surface area contributed by atoms with Crippen molar-refractivity contribution in [3.05, 3.63) is 24.3 Å². The van der Waals surface area contributed by atoms with Crippen LogP contribution in [0.2, 0.25) is 0 Å². The highest BCUT2D eigenvalue weighted by Crippen LogP contribution is 2.33. The number of pyridine rings is 1. The van der Waals surface area contributed by atoms with E-state index in [2.05, 4.69) is 10.3 Å². The maximum atomic E-state index is 12.7. The average Bonchev–Trinajstić information content (AvgIpc) is 2.96. The Morgan fingerprint density at radius 2 is 2.36 bits per heavy atom. The van der Waals surface area contributed by atoms with Gasteiger partial charge in [0.2, 0.25) is 5.95 Å². The lowest BCUT2D eigenvalue weighted by atomic mass is 10.2. The van der Waals surface area contributed by atoms with E-state index in [1.54, 1.807) is 6.07 Å². The van der Waals surface area contributed by atoms with E-state index in [0.29, 0.717) is 0 Å². The summed E-state index contributed by atoms with van der Waals surface area (Å²) in [6, 6.07) is 3.22. The van der Waals surface area contributed by atoms with Crippen LogP contribution in [0, 0.1) is 11.9 Å². The van der Waals surface area contributed by atoms with Gasteiger partial charge in [0, 0.05) is 24.5 Å². The Balaban J connectivity index is 1.68. The highest BCUT2D eigenvalue weighted by atomic mass is 19.1. The van der Waals surface area contributed by atoms with E-state index in [9.17, 15) is 4.39 Å². The van der Waals surface area contributed by atoms with Gasteiger partial charge in [-0.3, -0.25) is 0 Å². The predicted octanol–water partition coefficient (Wildman–Crippen LogP) is 2.82. The molecule has 1 heterocycles. The number of hydrogen-bond donors (Lipinski definition) is 1. The molecule has 0 radical (unpaired) electrons. The topological polar surface area (TPSA) is 24.9 Å². The van der Waals surface area contributed by atoms with Gasteiger partial charge in [0.05, 0.1) is 0 Å². The zero-order valence-corrected chi connectivity index (χ0v) is 8.17. The van der Waals surface area contributed by atoms with Crippen LogP contribution in [-0.4, -0.2) is 11.5 Å². The lowest BCUT2D eigenvalue weighted by Gasteiger charge is -2.04. The molecule has 0 aliphatic heterocycles. The van der Waals surface area contributed by atoms with Gasteiger partial charge in [-0.2, -0.15) is 4.39 Å². The summed E-state index contributed by atoms with van der Waals surface area (Å²) >= 11 is 0. The van der Waals surface area contributed by atoms with Crippen molar-refractivity contribution in [3.63, 3.8) is 0 Å². The Labute approximate surface area is 83.6 Å². The Hall–Kier alpha value is -1.12. The summed E-state index contributed by atoms with van der Waals surface area (Å²) in [4.78, 5) is 3.50. The zero-order valence-electron chi connectivity index (χ0n) is 8.17. The molecule has 1 aliphatic rings. The Bertz CT molecular complexity index is 297. The highest BCUT2D eigenvalue weighted by Gasteiger charge is 2.19. The van der Waals surface area contributed by atoms with Crippen LogP contribution in [0.5, 0.6) is 0 Å². The fourth-order valence-corrected chi connectivity index (χ4v) is 1.54. The molecule has 2 nitrogen and oxygen atoms in total. The molecule has 1 aliphatic carbocycles. The predicted molar refractivity (Wildman–Crippen MR) is 54.6 cm³/mol. The Kier molecular flexibility index (Phi) is 2.96. The van der Waals surface area contributed by atoms with Gasteiger partial charge in [-0.1, -0.05) is 12.8 Å². The molecular weight excluding hydrogens is 179 g/mol. The third kappa shape index (κ3) is 2.98. The maximum absolute atomic E-state index is 12.7. The molecule has 0 bridgehead atoms. The van der Waals surface area contributed by atoms with Crippen molar-refractivity contribution in [1.29, 1.82) is 0 Å². The summed E-state index contributed by atoms with van der Waals surface area (Å²) in [5.74, 6) is 0.558. The fourth-order valence-electron chi connectivity index (χ4n) is 1.54. The van der Waals surface area contributed by atoms with Crippen LogP contribution in [0.3, 0.4) is 0 Å². The minimum Gasteiger partial charge on any atom is -0.385 e. The summed E-state index contributed by atoms with van der Waals surface area (Å²) in [6.07, 6.45) is 6.78. The van der Waals surface area contributed by atoms with E-state index in [-0.39, 0.29) is 0 Å². The number of aromatic nitrogens is 1.